The van der Waals surface area contributed by atoms with E-state index in [1.807, 2.05) is 0 Å². The average Bonchev–Trinajstić information content (AvgIpc) is 2.39. The number of benzene rings is 1. The van der Waals surface area contributed by atoms with Crippen LogP contribution in [0.15, 0.2) is 36.7 Å². The van der Waals surface area contributed by atoms with Crippen molar-refractivity contribution in [3.05, 3.63) is 47.2 Å². The molecule has 5 heteroatoms. The van der Waals surface area contributed by atoms with Crippen LogP contribution in [0.3, 0.4) is 0 Å². The van der Waals surface area contributed by atoms with Crippen molar-refractivity contribution < 1.29 is 9.53 Å². The van der Waals surface area contributed by atoms with Crippen LogP contribution in [0, 0.1) is 0 Å². The monoisotopic (exact) mass is 248 g/mol. The molecule has 1 aromatic heterocycles. The average molecular weight is 249 g/mol. The number of aromatic nitrogens is 2. The highest BCUT2D eigenvalue weighted by molar-refractivity contribution is 6.33. The van der Waals surface area contributed by atoms with Gasteiger partial charge in [-0.3, -0.25) is 0 Å². The van der Waals surface area contributed by atoms with E-state index in [1.54, 1.807) is 36.7 Å². The fourth-order valence-corrected chi connectivity index (χ4v) is 1.57. The fraction of sp³-hybridized carbons (Fsp3) is 0.0833. The number of nitrogens with zero attached hydrogens (tertiary/aromatic N) is 2. The molecule has 0 spiro atoms. The van der Waals surface area contributed by atoms with Gasteiger partial charge in [0.25, 0.3) is 0 Å². The topological polar surface area (TPSA) is 52.1 Å². The summed E-state index contributed by atoms with van der Waals surface area (Å²) in [6, 6.07) is 6.72. The minimum Gasteiger partial charge on any atom is -0.465 e. The maximum absolute atomic E-state index is 11.5. The predicted molar refractivity (Wildman–Crippen MR) is 63.8 cm³/mol. The molecule has 17 heavy (non-hydrogen) atoms. The molecule has 0 fully saturated rings. The minimum absolute atomic E-state index is 0.305. The summed E-state index contributed by atoms with van der Waals surface area (Å²) in [6.45, 7) is 0. The minimum atomic E-state index is -0.479. The molecule has 2 rings (SSSR count). The van der Waals surface area contributed by atoms with Gasteiger partial charge in [0, 0.05) is 18.0 Å². The number of halogens is 1. The van der Waals surface area contributed by atoms with Crippen molar-refractivity contribution >= 4 is 17.6 Å². The molecule has 0 amide bonds. The van der Waals surface area contributed by atoms with E-state index in [2.05, 4.69) is 14.7 Å². The summed E-state index contributed by atoms with van der Waals surface area (Å²) in [4.78, 5) is 19.7. The number of rotatable bonds is 2. The highest BCUT2D eigenvalue weighted by atomic mass is 35.5. The Balaban J connectivity index is 2.48. The molecule has 0 bridgehead atoms. The lowest BCUT2D eigenvalue weighted by Crippen LogP contribution is -2.02. The van der Waals surface area contributed by atoms with Crippen LogP contribution in [-0.2, 0) is 4.74 Å². The molecule has 1 aromatic carbocycles. The number of ether oxygens (including phenoxy) is 1. The quantitative estimate of drug-likeness (QED) is 0.767. The van der Waals surface area contributed by atoms with Gasteiger partial charge in [-0.25, -0.2) is 14.8 Å². The summed E-state index contributed by atoms with van der Waals surface area (Å²) in [5, 5.41) is 0.344. The molecule has 0 atom stereocenters. The Morgan fingerprint density at radius 2 is 2.00 bits per heavy atom. The number of methoxy groups -OCH3 is 1. The van der Waals surface area contributed by atoms with Crippen LogP contribution in [0.4, 0.5) is 0 Å². The Morgan fingerprint density at radius 3 is 2.65 bits per heavy atom. The van der Waals surface area contributed by atoms with Crippen molar-refractivity contribution in [2.75, 3.05) is 7.11 Å². The molecule has 86 valence electrons. The van der Waals surface area contributed by atoms with Gasteiger partial charge < -0.3 is 4.74 Å². The highest BCUT2D eigenvalue weighted by Gasteiger charge is 2.12. The summed E-state index contributed by atoms with van der Waals surface area (Å²) < 4.78 is 4.64. The van der Waals surface area contributed by atoms with Crippen LogP contribution in [0.2, 0.25) is 5.02 Å². The zero-order chi connectivity index (χ0) is 12.3. The summed E-state index contributed by atoms with van der Waals surface area (Å²) in [7, 11) is 1.31. The Kier molecular flexibility index (Phi) is 3.35. The number of esters is 1. The zero-order valence-electron chi connectivity index (χ0n) is 9.05. The van der Waals surface area contributed by atoms with Gasteiger partial charge in [-0.1, -0.05) is 11.6 Å². The van der Waals surface area contributed by atoms with Crippen LogP contribution >= 0.6 is 11.6 Å². The van der Waals surface area contributed by atoms with E-state index in [0.717, 1.165) is 5.56 Å². The van der Waals surface area contributed by atoms with E-state index < -0.39 is 5.97 Å². The first-order valence-electron chi connectivity index (χ1n) is 4.87. The van der Waals surface area contributed by atoms with Gasteiger partial charge >= 0.3 is 5.97 Å². The third-order valence-corrected chi connectivity index (χ3v) is 2.53. The fourth-order valence-electron chi connectivity index (χ4n) is 1.38. The molecular formula is C12H9ClN2O2. The number of hydrogen-bond acceptors (Lipinski definition) is 4. The second-order valence-corrected chi connectivity index (χ2v) is 3.67. The largest absolute Gasteiger partial charge is 0.465 e. The maximum Gasteiger partial charge on any atom is 0.339 e. The summed E-state index contributed by atoms with van der Waals surface area (Å²) >= 11 is 5.92. The molecule has 0 radical (unpaired) electrons. The van der Waals surface area contributed by atoms with E-state index in [0.29, 0.717) is 16.4 Å². The molecule has 0 N–H and O–H groups in total. The van der Waals surface area contributed by atoms with Crippen LogP contribution in [0.5, 0.6) is 0 Å². The summed E-state index contributed by atoms with van der Waals surface area (Å²) in [6.07, 6.45) is 3.27. The number of carbonyl (C=O) groups excluding carboxylic acids is 1. The Morgan fingerprint density at radius 1 is 1.29 bits per heavy atom. The van der Waals surface area contributed by atoms with Gasteiger partial charge in [-0.05, 0) is 24.3 Å². The highest BCUT2D eigenvalue weighted by Crippen LogP contribution is 2.23. The lowest BCUT2D eigenvalue weighted by atomic mass is 10.1. The lowest BCUT2D eigenvalue weighted by Gasteiger charge is -2.04. The van der Waals surface area contributed by atoms with Crippen LogP contribution in [0.25, 0.3) is 11.4 Å². The SMILES string of the molecule is COC(=O)c1cc(-c2ncccn2)ccc1Cl. The zero-order valence-corrected chi connectivity index (χ0v) is 9.81. The molecule has 0 saturated heterocycles. The molecular weight excluding hydrogens is 240 g/mol. The predicted octanol–water partition coefficient (Wildman–Crippen LogP) is 2.58. The third-order valence-electron chi connectivity index (χ3n) is 2.20. The maximum atomic E-state index is 11.5. The second kappa shape index (κ2) is 4.93. The molecule has 0 saturated carbocycles. The van der Waals surface area contributed by atoms with E-state index in [1.165, 1.54) is 7.11 Å². The Labute approximate surface area is 103 Å². The molecule has 0 unspecified atom stereocenters. The Hall–Kier alpha value is -1.94. The van der Waals surface area contributed by atoms with Gasteiger partial charge in [0.15, 0.2) is 5.82 Å². The van der Waals surface area contributed by atoms with Crippen molar-refractivity contribution in [2.24, 2.45) is 0 Å². The van der Waals surface area contributed by atoms with E-state index in [-0.39, 0.29) is 0 Å². The van der Waals surface area contributed by atoms with Gasteiger partial charge in [0.1, 0.15) is 0 Å². The molecule has 2 aromatic rings. The molecule has 4 nitrogen and oxygen atoms in total. The van der Waals surface area contributed by atoms with E-state index in [4.69, 9.17) is 11.6 Å². The van der Waals surface area contributed by atoms with Crippen molar-refractivity contribution in [1.29, 1.82) is 0 Å². The van der Waals surface area contributed by atoms with Crippen molar-refractivity contribution in [2.45, 2.75) is 0 Å². The van der Waals surface area contributed by atoms with Crippen molar-refractivity contribution in [1.82, 2.24) is 9.97 Å². The first-order valence-corrected chi connectivity index (χ1v) is 5.25. The van der Waals surface area contributed by atoms with Crippen LogP contribution < -0.4 is 0 Å². The molecule has 0 aliphatic carbocycles. The van der Waals surface area contributed by atoms with Gasteiger partial charge in [-0.2, -0.15) is 0 Å². The van der Waals surface area contributed by atoms with Crippen LogP contribution in [-0.4, -0.2) is 23.0 Å². The number of hydrogen-bond donors (Lipinski definition) is 0. The normalized spacial score (nSPS) is 10.0. The first-order chi connectivity index (χ1) is 8.22. The van der Waals surface area contributed by atoms with Crippen molar-refractivity contribution in [3.8, 4) is 11.4 Å². The van der Waals surface area contributed by atoms with Gasteiger partial charge in [-0.15, -0.1) is 0 Å². The van der Waals surface area contributed by atoms with E-state index in [9.17, 15) is 4.79 Å². The Bertz CT molecular complexity index is 543. The lowest BCUT2D eigenvalue weighted by molar-refractivity contribution is 0.0601. The van der Waals surface area contributed by atoms with Gasteiger partial charge in [0.05, 0.1) is 17.7 Å². The standard InChI is InChI=1S/C12H9ClN2O2/c1-17-12(16)9-7-8(3-4-10(9)13)11-14-5-2-6-15-11/h2-7H,1H3. The van der Waals surface area contributed by atoms with Crippen molar-refractivity contribution in [3.63, 3.8) is 0 Å². The molecule has 0 aliphatic rings. The van der Waals surface area contributed by atoms with E-state index >= 15 is 0 Å². The molecule has 0 aliphatic heterocycles. The number of carbonyl (C=O) groups is 1. The summed E-state index contributed by atoms with van der Waals surface area (Å²) in [5.74, 6) is 0.0575. The first kappa shape index (κ1) is 11.5. The second-order valence-electron chi connectivity index (χ2n) is 3.26. The summed E-state index contributed by atoms with van der Waals surface area (Å²) in [5.41, 5.74) is 1.02. The smallest absolute Gasteiger partial charge is 0.339 e. The van der Waals surface area contributed by atoms with Gasteiger partial charge in [0.2, 0.25) is 0 Å². The van der Waals surface area contributed by atoms with Crippen LogP contribution in [0.1, 0.15) is 10.4 Å². The molecule has 1 heterocycles. The third kappa shape index (κ3) is 2.42.